The van der Waals surface area contributed by atoms with Crippen molar-refractivity contribution in [2.45, 2.75) is 6.61 Å². The molecule has 0 N–H and O–H groups in total. The van der Waals surface area contributed by atoms with E-state index >= 15 is 0 Å². The van der Waals surface area contributed by atoms with Gasteiger partial charge in [0.2, 0.25) is 0 Å². The maximum atomic E-state index is 13.1. The van der Waals surface area contributed by atoms with Crippen LogP contribution in [0.25, 0.3) is 0 Å². The summed E-state index contributed by atoms with van der Waals surface area (Å²) in [5.41, 5.74) is 1.32. The average molecular weight is 460 g/mol. The van der Waals surface area contributed by atoms with Crippen molar-refractivity contribution in [1.82, 2.24) is 9.88 Å². The number of ether oxygens (including phenoxy) is 1. The Labute approximate surface area is 190 Å². The highest BCUT2D eigenvalue weighted by Gasteiger charge is 2.25. The normalized spacial score (nSPS) is 13.9. The van der Waals surface area contributed by atoms with Gasteiger partial charge in [0.1, 0.15) is 24.0 Å². The van der Waals surface area contributed by atoms with Crippen LogP contribution >= 0.6 is 23.2 Å². The van der Waals surface area contributed by atoms with Gasteiger partial charge < -0.3 is 14.5 Å². The van der Waals surface area contributed by atoms with E-state index in [2.05, 4.69) is 4.98 Å². The number of piperazine rings is 1. The maximum Gasteiger partial charge on any atom is 0.257 e. The van der Waals surface area contributed by atoms with Crippen molar-refractivity contribution in [2.75, 3.05) is 31.1 Å². The minimum atomic E-state index is -0.298. The van der Waals surface area contributed by atoms with Gasteiger partial charge in [-0.2, -0.15) is 0 Å². The van der Waals surface area contributed by atoms with Gasteiger partial charge in [0.05, 0.1) is 15.6 Å². The fourth-order valence-corrected chi connectivity index (χ4v) is 3.94. The van der Waals surface area contributed by atoms with E-state index in [0.717, 1.165) is 5.56 Å². The molecular weight excluding hydrogens is 440 g/mol. The second kappa shape index (κ2) is 9.54. The molecule has 5 nitrogen and oxygen atoms in total. The molecule has 31 heavy (non-hydrogen) atoms. The molecule has 2 aromatic carbocycles. The molecule has 0 radical (unpaired) electrons. The molecule has 1 aromatic heterocycles. The van der Waals surface area contributed by atoms with Crippen LogP contribution in [0.2, 0.25) is 10.0 Å². The lowest BCUT2D eigenvalue weighted by atomic mass is 10.1. The SMILES string of the molecule is O=C(c1ccccc1OCc1ccc(F)cc1)N1CCN(c2ncc(Cl)cc2Cl)CC1. The van der Waals surface area contributed by atoms with Crippen molar-refractivity contribution >= 4 is 34.9 Å². The lowest BCUT2D eigenvalue weighted by molar-refractivity contribution is 0.0741. The first kappa shape index (κ1) is 21.4. The van der Waals surface area contributed by atoms with Gasteiger partial charge in [0, 0.05) is 32.4 Å². The molecule has 2 heterocycles. The first-order chi connectivity index (χ1) is 15.0. The van der Waals surface area contributed by atoms with Gasteiger partial charge in [0.15, 0.2) is 0 Å². The van der Waals surface area contributed by atoms with Crippen LogP contribution in [-0.2, 0) is 6.61 Å². The number of para-hydroxylation sites is 1. The molecule has 1 aliphatic heterocycles. The molecule has 1 aliphatic rings. The van der Waals surface area contributed by atoms with Crippen LogP contribution in [-0.4, -0.2) is 42.0 Å². The zero-order valence-corrected chi connectivity index (χ0v) is 18.1. The van der Waals surface area contributed by atoms with Crippen LogP contribution in [0, 0.1) is 5.82 Å². The smallest absolute Gasteiger partial charge is 0.257 e. The van der Waals surface area contributed by atoms with Crippen molar-refractivity contribution < 1.29 is 13.9 Å². The molecule has 0 saturated carbocycles. The van der Waals surface area contributed by atoms with Crippen molar-refractivity contribution in [1.29, 1.82) is 0 Å². The number of nitrogens with zero attached hydrogens (tertiary/aromatic N) is 3. The fraction of sp³-hybridized carbons (Fsp3) is 0.217. The number of halogens is 3. The Balaban J connectivity index is 1.41. The van der Waals surface area contributed by atoms with Gasteiger partial charge in [-0.15, -0.1) is 0 Å². The van der Waals surface area contributed by atoms with Gasteiger partial charge in [-0.3, -0.25) is 4.79 Å². The lowest BCUT2D eigenvalue weighted by Gasteiger charge is -2.36. The molecule has 0 aliphatic carbocycles. The number of anilines is 1. The summed E-state index contributed by atoms with van der Waals surface area (Å²) in [7, 11) is 0. The van der Waals surface area contributed by atoms with Gasteiger partial charge >= 0.3 is 0 Å². The van der Waals surface area contributed by atoms with Gasteiger partial charge in [-0.1, -0.05) is 47.5 Å². The fourth-order valence-electron chi connectivity index (χ4n) is 3.44. The highest BCUT2D eigenvalue weighted by atomic mass is 35.5. The summed E-state index contributed by atoms with van der Waals surface area (Å²) >= 11 is 12.2. The number of benzene rings is 2. The summed E-state index contributed by atoms with van der Waals surface area (Å²) in [4.78, 5) is 21.3. The van der Waals surface area contributed by atoms with E-state index in [1.165, 1.54) is 12.1 Å². The predicted octanol–water partition coefficient (Wildman–Crippen LogP) is 5.07. The quantitative estimate of drug-likeness (QED) is 0.534. The number of carbonyl (C=O) groups excluding carboxylic acids is 1. The number of hydrogen-bond acceptors (Lipinski definition) is 4. The standard InChI is InChI=1S/C23H20Cl2FN3O2/c24-17-13-20(25)22(27-14-17)28-9-11-29(12-10-28)23(30)19-3-1-2-4-21(19)31-15-16-5-7-18(26)8-6-16/h1-8,13-14H,9-12,15H2. The van der Waals surface area contributed by atoms with Crippen LogP contribution in [0.15, 0.2) is 60.8 Å². The van der Waals surface area contributed by atoms with E-state index in [1.54, 1.807) is 41.4 Å². The Kier molecular flexibility index (Phi) is 6.59. The van der Waals surface area contributed by atoms with E-state index in [9.17, 15) is 9.18 Å². The highest BCUT2D eigenvalue weighted by molar-refractivity contribution is 6.36. The summed E-state index contributed by atoms with van der Waals surface area (Å²) in [6.07, 6.45) is 1.56. The van der Waals surface area contributed by atoms with Gasteiger partial charge in [-0.05, 0) is 35.9 Å². The van der Waals surface area contributed by atoms with Crippen LogP contribution in [0.3, 0.4) is 0 Å². The van der Waals surface area contributed by atoms with E-state index in [0.29, 0.717) is 53.4 Å². The van der Waals surface area contributed by atoms with Crippen molar-refractivity contribution in [3.8, 4) is 5.75 Å². The lowest BCUT2D eigenvalue weighted by Crippen LogP contribution is -2.49. The Morgan fingerprint density at radius 2 is 1.74 bits per heavy atom. The molecule has 4 rings (SSSR count). The van der Waals surface area contributed by atoms with E-state index in [-0.39, 0.29) is 18.3 Å². The second-order valence-corrected chi connectivity index (χ2v) is 7.99. The number of carbonyl (C=O) groups is 1. The van der Waals surface area contributed by atoms with Gasteiger partial charge in [0.25, 0.3) is 5.91 Å². The Morgan fingerprint density at radius 1 is 1.03 bits per heavy atom. The summed E-state index contributed by atoms with van der Waals surface area (Å²) in [6.45, 7) is 2.54. The molecule has 0 spiro atoms. The molecule has 0 unspecified atom stereocenters. The van der Waals surface area contributed by atoms with Gasteiger partial charge in [-0.25, -0.2) is 9.37 Å². The third kappa shape index (κ3) is 5.09. The zero-order chi connectivity index (χ0) is 21.8. The minimum absolute atomic E-state index is 0.0930. The van der Waals surface area contributed by atoms with Crippen molar-refractivity contribution in [2.24, 2.45) is 0 Å². The van der Waals surface area contributed by atoms with Crippen LogP contribution in [0.1, 0.15) is 15.9 Å². The summed E-state index contributed by atoms with van der Waals surface area (Å²) in [5.74, 6) is 0.779. The summed E-state index contributed by atoms with van der Waals surface area (Å²) in [6, 6.07) is 14.9. The van der Waals surface area contributed by atoms with Crippen LogP contribution < -0.4 is 9.64 Å². The zero-order valence-electron chi connectivity index (χ0n) is 16.6. The molecule has 1 saturated heterocycles. The first-order valence-electron chi connectivity index (χ1n) is 9.83. The number of aromatic nitrogens is 1. The predicted molar refractivity (Wildman–Crippen MR) is 120 cm³/mol. The number of amides is 1. The summed E-state index contributed by atoms with van der Waals surface area (Å²) in [5, 5.41) is 0.978. The van der Waals surface area contributed by atoms with Crippen molar-refractivity contribution in [3.63, 3.8) is 0 Å². The second-order valence-electron chi connectivity index (χ2n) is 7.15. The third-order valence-electron chi connectivity index (χ3n) is 5.08. The van der Waals surface area contributed by atoms with Crippen molar-refractivity contribution in [3.05, 3.63) is 87.8 Å². The monoisotopic (exact) mass is 459 g/mol. The largest absolute Gasteiger partial charge is 0.488 e. The molecule has 0 atom stereocenters. The first-order valence-corrected chi connectivity index (χ1v) is 10.6. The number of pyridine rings is 1. The third-order valence-corrected chi connectivity index (χ3v) is 5.56. The number of hydrogen-bond donors (Lipinski definition) is 0. The topological polar surface area (TPSA) is 45.7 Å². The Morgan fingerprint density at radius 3 is 2.45 bits per heavy atom. The molecular formula is C23H20Cl2FN3O2. The van der Waals surface area contributed by atoms with Crippen LogP contribution in [0.4, 0.5) is 10.2 Å². The minimum Gasteiger partial charge on any atom is -0.488 e. The molecule has 0 bridgehead atoms. The maximum absolute atomic E-state index is 13.1. The Bertz CT molecular complexity index is 1070. The van der Waals surface area contributed by atoms with Crippen LogP contribution in [0.5, 0.6) is 5.75 Å². The summed E-state index contributed by atoms with van der Waals surface area (Å²) < 4.78 is 19.0. The van der Waals surface area contributed by atoms with E-state index in [1.807, 2.05) is 17.0 Å². The van der Waals surface area contributed by atoms with E-state index in [4.69, 9.17) is 27.9 Å². The molecule has 8 heteroatoms. The molecule has 1 amide bonds. The average Bonchev–Trinajstić information content (AvgIpc) is 2.79. The van der Waals surface area contributed by atoms with E-state index < -0.39 is 0 Å². The molecule has 1 fully saturated rings. The number of rotatable bonds is 5. The molecule has 160 valence electrons. The Hall–Kier alpha value is -2.83. The molecule has 3 aromatic rings. The highest BCUT2D eigenvalue weighted by Crippen LogP contribution is 2.28.